The van der Waals surface area contributed by atoms with Crippen molar-refractivity contribution in [2.24, 2.45) is 5.92 Å². The van der Waals surface area contributed by atoms with Crippen molar-refractivity contribution in [1.82, 2.24) is 20.4 Å². The van der Waals surface area contributed by atoms with Gasteiger partial charge in [-0.25, -0.2) is 9.18 Å². The molecule has 1 aromatic carbocycles. The number of likely N-dealkylation sites (tertiary alicyclic amines) is 1. The van der Waals surface area contributed by atoms with Crippen LogP contribution in [0.2, 0.25) is 0 Å². The van der Waals surface area contributed by atoms with Gasteiger partial charge in [0.1, 0.15) is 17.5 Å². The van der Waals surface area contributed by atoms with Crippen LogP contribution in [-0.4, -0.2) is 45.8 Å². The van der Waals surface area contributed by atoms with Gasteiger partial charge in [0.15, 0.2) is 0 Å². The van der Waals surface area contributed by atoms with Crippen molar-refractivity contribution in [3.05, 3.63) is 47.4 Å². The highest BCUT2D eigenvalue weighted by atomic mass is 19.1. The van der Waals surface area contributed by atoms with Crippen LogP contribution in [-0.2, 0) is 4.74 Å². The molecule has 0 spiro atoms. The van der Waals surface area contributed by atoms with Crippen molar-refractivity contribution in [2.75, 3.05) is 13.1 Å². The van der Waals surface area contributed by atoms with Gasteiger partial charge >= 0.3 is 6.09 Å². The highest BCUT2D eigenvalue weighted by Crippen LogP contribution is 2.40. The Balaban J connectivity index is 1.41. The highest BCUT2D eigenvalue weighted by molar-refractivity contribution is 5.94. The Kier molecular flexibility index (Phi) is 6.67. The average Bonchev–Trinajstić information content (AvgIpc) is 3.49. The number of aromatic nitrogens is 2. The van der Waals surface area contributed by atoms with E-state index in [9.17, 15) is 14.0 Å². The lowest BCUT2D eigenvalue weighted by atomic mass is 9.90. The molecule has 178 valence electrons. The van der Waals surface area contributed by atoms with E-state index in [0.29, 0.717) is 42.8 Å². The third-order valence-corrected chi connectivity index (χ3v) is 5.93. The van der Waals surface area contributed by atoms with Crippen molar-refractivity contribution in [3.63, 3.8) is 0 Å². The fraction of sp³-hybridized carbons (Fsp3) is 0.583. The first kappa shape index (κ1) is 23.2. The summed E-state index contributed by atoms with van der Waals surface area (Å²) in [6.45, 7) is 6.75. The maximum Gasteiger partial charge on any atom is 0.410 e. The Morgan fingerprint density at radius 3 is 2.42 bits per heavy atom. The van der Waals surface area contributed by atoms with E-state index in [1.807, 2.05) is 20.8 Å². The van der Waals surface area contributed by atoms with Gasteiger partial charge < -0.3 is 19.4 Å². The van der Waals surface area contributed by atoms with Gasteiger partial charge in [0.2, 0.25) is 11.8 Å². The van der Waals surface area contributed by atoms with Crippen LogP contribution in [0.4, 0.5) is 9.18 Å². The molecular weight excluding hydrogens is 427 g/mol. The Bertz CT molecular complexity index is 973. The summed E-state index contributed by atoms with van der Waals surface area (Å²) in [6, 6.07) is 4.96. The number of piperidine rings is 1. The SMILES string of the molecule is CC(C)(C)OC(=O)N1CCC(CC(NC(=O)c2ccc(F)cc2)c2nnc(C3CC3)o2)CC1. The summed E-state index contributed by atoms with van der Waals surface area (Å²) < 4.78 is 24.6. The van der Waals surface area contributed by atoms with Crippen LogP contribution in [0, 0.1) is 11.7 Å². The molecule has 1 aliphatic carbocycles. The monoisotopic (exact) mass is 458 g/mol. The van der Waals surface area contributed by atoms with Crippen LogP contribution < -0.4 is 5.32 Å². The summed E-state index contributed by atoms with van der Waals surface area (Å²) in [5.74, 6) is 0.867. The second-order valence-corrected chi connectivity index (χ2v) is 9.93. The summed E-state index contributed by atoms with van der Waals surface area (Å²) in [6.07, 6.45) is 3.96. The van der Waals surface area contributed by atoms with Crippen molar-refractivity contribution in [2.45, 2.75) is 70.4 Å². The van der Waals surface area contributed by atoms with Gasteiger partial charge in [0.05, 0.1) is 0 Å². The van der Waals surface area contributed by atoms with E-state index in [0.717, 1.165) is 25.7 Å². The number of ether oxygens (including phenoxy) is 1. The number of halogens is 1. The number of carbonyl (C=O) groups is 2. The molecule has 33 heavy (non-hydrogen) atoms. The lowest BCUT2D eigenvalue weighted by Gasteiger charge is -2.34. The number of amides is 2. The standard InChI is InChI=1S/C24H31FN4O4/c1-24(2,3)33-23(31)29-12-10-15(11-13-29)14-19(22-28-27-21(32-22)17-4-5-17)26-20(30)16-6-8-18(25)9-7-16/h6-9,15,17,19H,4-5,10-14H2,1-3H3,(H,26,30). The molecule has 1 aromatic heterocycles. The van der Waals surface area contributed by atoms with E-state index in [2.05, 4.69) is 15.5 Å². The second kappa shape index (κ2) is 9.49. The highest BCUT2D eigenvalue weighted by Gasteiger charge is 2.33. The number of hydrogen-bond acceptors (Lipinski definition) is 6. The number of hydrogen-bond donors (Lipinski definition) is 1. The molecule has 2 aliphatic rings. The summed E-state index contributed by atoms with van der Waals surface area (Å²) in [4.78, 5) is 26.9. The van der Waals surface area contributed by atoms with E-state index in [-0.39, 0.29) is 17.9 Å². The normalized spacial score (nSPS) is 18.1. The Hall–Kier alpha value is -2.97. The largest absolute Gasteiger partial charge is 0.444 e. The van der Waals surface area contributed by atoms with Gasteiger partial charge in [0.25, 0.3) is 5.91 Å². The Morgan fingerprint density at radius 1 is 1.15 bits per heavy atom. The minimum absolute atomic E-state index is 0.262. The molecular formula is C24H31FN4O4. The molecule has 2 aromatic rings. The van der Waals surface area contributed by atoms with Crippen LogP contribution in [0.15, 0.2) is 28.7 Å². The van der Waals surface area contributed by atoms with Crippen LogP contribution in [0.1, 0.15) is 87.0 Å². The lowest BCUT2D eigenvalue weighted by molar-refractivity contribution is 0.0177. The van der Waals surface area contributed by atoms with Gasteiger partial charge in [-0.05, 0) is 83.1 Å². The fourth-order valence-corrected chi connectivity index (χ4v) is 3.96. The molecule has 1 unspecified atom stereocenters. The number of nitrogens with one attached hydrogen (secondary N) is 1. The topological polar surface area (TPSA) is 97.6 Å². The summed E-state index contributed by atoms with van der Waals surface area (Å²) in [7, 11) is 0. The predicted octanol–water partition coefficient (Wildman–Crippen LogP) is 4.59. The van der Waals surface area contributed by atoms with Crippen LogP contribution in [0.25, 0.3) is 0 Å². The van der Waals surface area contributed by atoms with E-state index >= 15 is 0 Å². The zero-order chi connectivity index (χ0) is 23.6. The van der Waals surface area contributed by atoms with E-state index in [1.165, 1.54) is 24.3 Å². The molecule has 9 heteroatoms. The molecule has 1 aliphatic heterocycles. The maximum absolute atomic E-state index is 13.2. The van der Waals surface area contributed by atoms with E-state index < -0.39 is 17.5 Å². The van der Waals surface area contributed by atoms with Crippen molar-refractivity contribution in [3.8, 4) is 0 Å². The Morgan fingerprint density at radius 2 is 1.82 bits per heavy atom. The molecule has 1 atom stereocenters. The number of nitrogens with zero attached hydrogens (tertiary/aromatic N) is 3. The van der Waals surface area contributed by atoms with Gasteiger partial charge in [0, 0.05) is 24.6 Å². The first-order chi connectivity index (χ1) is 15.7. The minimum Gasteiger partial charge on any atom is -0.444 e. The minimum atomic E-state index is -0.527. The van der Waals surface area contributed by atoms with Gasteiger partial charge in [-0.3, -0.25) is 4.79 Å². The van der Waals surface area contributed by atoms with Gasteiger partial charge in [-0.2, -0.15) is 0 Å². The van der Waals surface area contributed by atoms with Crippen LogP contribution in [0.3, 0.4) is 0 Å². The third-order valence-electron chi connectivity index (χ3n) is 5.93. The van der Waals surface area contributed by atoms with Crippen molar-refractivity contribution >= 4 is 12.0 Å². The quantitative estimate of drug-likeness (QED) is 0.680. The lowest BCUT2D eigenvalue weighted by Crippen LogP contribution is -2.42. The predicted molar refractivity (Wildman–Crippen MR) is 118 cm³/mol. The molecule has 2 heterocycles. The molecule has 2 fully saturated rings. The van der Waals surface area contributed by atoms with E-state index in [1.54, 1.807) is 4.90 Å². The molecule has 0 bridgehead atoms. The second-order valence-electron chi connectivity index (χ2n) is 9.93. The number of carbonyl (C=O) groups excluding carboxylic acids is 2. The molecule has 1 N–H and O–H groups in total. The molecule has 1 saturated carbocycles. The van der Waals surface area contributed by atoms with Gasteiger partial charge in [-0.1, -0.05) is 0 Å². The first-order valence-corrected chi connectivity index (χ1v) is 11.6. The summed E-state index contributed by atoms with van der Waals surface area (Å²) in [5, 5.41) is 11.4. The summed E-state index contributed by atoms with van der Waals surface area (Å²) >= 11 is 0. The number of benzene rings is 1. The van der Waals surface area contributed by atoms with Crippen LogP contribution >= 0.6 is 0 Å². The van der Waals surface area contributed by atoms with Gasteiger partial charge in [-0.15, -0.1) is 10.2 Å². The first-order valence-electron chi connectivity index (χ1n) is 11.6. The maximum atomic E-state index is 13.2. The molecule has 2 amide bonds. The molecule has 8 nitrogen and oxygen atoms in total. The van der Waals surface area contributed by atoms with E-state index in [4.69, 9.17) is 9.15 Å². The molecule has 0 radical (unpaired) electrons. The summed E-state index contributed by atoms with van der Waals surface area (Å²) in [5.41, 5.74) is -0.163. The average molecular weight is 459 g/mol. The van der Waals surface area contributed by atoms with Crippen molar-refractivity contribution < 1.29 is 23.1 Å². The van der Waals surface area contributed by atoms with Crippen molar-refractivity contribution in [1.29, 1.82) is 0 Å². The van der Waals surface area contributed by atoms with Crippen LogP contribution in [0.5, 0.6) is 0 Å². The third kappa shape index (κ3) is 6.30. The zero-order valence-electron chi connectivity index (χ0n) is 19.3. The Labute approximate surface area is 192 Å². The molecule has 1 saturated heterocycles. The smallest absolute Gasteiger partial charge is 0.410 e. The number of rotatable bonds is 6. The molecule has 4 rings (SSSR count). The fourth-order valence-electron chi connectivity index (χ4n) is 3.96. The zero-order valence-corrected chi connectivity index (χ0v) is 19.3.